The van der Waals surface area contributed by atoms with Gasteiger partial charge in [0.25, 0.3) is 5.91 Å². The number of carbonyl (C=O) groups is 2. The third kappa shape index (κ3) is 4.71. The van der Waals surface area contributed by atoms with Crippen LogP contribution in [0.4, 0.5) is 0 Å². The average Bonchev–Trinajstić information content (AvgIpc) is 2.74. The summed E-state index contributed by atoms with van der Waals surface area (Å²) in [6, 6.07) is 10.5. The summed E-state index contributed by atoms with van der Waals surface area (Å²) in [6.45, 7) is 2.30. The minimum absolute atomic E-state index is 0.0334. The Morgan fingerprint density at radius 3 is 2.55 bits per heavy atom. The van der Waals surface area contributed by atoms with Crippen molar-refractivity contribution in [2.75, 3.05) is 7.05 Å². The number of nitrogens with zero attached hydrogens (tertiary/aromatic N) is 1. The van der Waals surface area contributed by atoms with E-state index in [1.54, 1.807) is 11.8 Å². The van der Waals surface area contributed by atoms with E-state index in [-0.39, 0.29) is 23.8 Å². The van der Waals surface area contributed by atoms with Crippen molar-refractivity contribution < 1.29 is 9.59 Å². The maximum absolute atomic E-state index is 12.9. The highest BCUT2D eigenvalue weighted by Gasteiger charge is 2.43. The van der Waals surface area contributed by atoms with Gasteiger partial charge in [-0.3, -0.25) is 9.59 Å². The Labute approximate surface area is 178 Å². The molecule has 0 aromatic heterocycles. The molecule has 2 saturated carbocycles. The molecule has 1 saturated heterocycles. The fourth-order valence-electron chi connectivity index (χ4n) is 4.96. The normalized spacial score (nSPS) is 34.0. The van der Waals surface area contributed by atoms with Crippen LogP contribution >= 0.6 is 11.8 Å². The van der Waals surface area contributed by atoms with E-state index in [4.69, 9.17) is 0 Å². The molecule has 1 N–H and O–H groups in total. The molecule has 2 amide bonds. The lowest BCUT2D eigenvalue weighted by Gasteiger charge is -2.44. The number of fused-ring (bicyclic) bond motifs is 1. The Morgan fingerprint density at radius 2 is 1.83 bits per heavy atom. The summed E-state index contributed by atoms with van der Waals surface area (Å²) < 4.78 is 0. The zero-order chi connectivity index (χ0) is 20.4. The first-order valence-corrected chi connectivity index (χ1v) is 11.9. The van der Waals surface area contributed by atoms with Crippen LogP contribution in [-0.4, -0.2) is 41.1 Å². The highest BCUT2D eigenvalue weighted by Crippen LogP contribution is 2.43. The number of hydrogen-bond acceptors (Lipinski definition) is 3. The molecule has 4 nitrogen and oxygen atoms in total. The summed E-state index contributed by atoms with van der Waals surface area (Å²) in [7, 11) is 1.90. The minimum atomic E-state index is 0.0334. The van der Waals surface area contributed by atoms with Crippen molar-refractivity contribution in [3.05, 3.63) is 40.8 Å². The second kappa shape index (κ2) is 8.95. The highest BCUT2D eigenvalue weighted by atomic mass is 32.2. The number of hydrogen-bond donors (Lipinski definition) is 1. The lowest BCUT2D eigenvalue weighted by molar-refractivity contribution is -0.132. The predicted molar refractivity (Wildman–Crippen MR) is 119 cm³/mol. The molecule has 0 bridgehead atoms. The summed E-state index contributed by atoms with van der Waals surface area (Å²) in [5.41, 5.74) is 1.06. The first kappa shape index (κ1) is 20.5. The molecule has 3 aliphatic rings. The Kier molecular flexibility index (Phi) is 6.33. The van der Waals surface area contributed by atoms with E-state index in [2.05, 4.69) is 12.2 Å². The molecule has 29 heavy (non-hydrogen) atoms. The van der Waals surface area contributed by atoms with E-state index < -0.39 is 0 Å². The van der Waals surface area contributed by atoms with E-state index in [1.165, 1.54) is 12.8 Å². The second-order valence-electron chi connectivity index (χ2n) is 9.03. The van der Waals surface area contributed by atoms with Gasteiger partial charge in [-0.15, -0.1) is 11.8 Å². The van der Waals surface area contributed by atoms with Crippen LogP contribution in [0, 0.1) is 11.8 Å². The van der Waals surface area contributed by atoms with Gasteiger partial charge in [0, 0.05) is 30.3 Å². The van der Waals surface area contributed by atoms with E-state index in [0.29, 0.717) is 11.3 Å². The SMILES string of the molecule is CC1CCC(NC(=O)C2CCC3S/C(=C\c4ccccc4)C(=O)N(C)C3C2)CC1. The van der Waals surface area contributed by atoms with Crippen molar-refractivity contribution >= 4 is 29.7 Å². The summed E-state index contributed by atoms with van der Waals surface area (Å²) in [6.07, 6.45) is 9.33. The Balaban J connectivity index is 1.38. The molecule has 3 unspecified atom stereocenters. The van der Waals surface area contributed by atoms with Gasteiger partial charge in [-0.1, -0.05) is 37.3 Å². The third-order valence-electron chi connectivity index (χ3n) is 6.89. The summed E-state index contributed by atoms with van der Waals surface area (Å²) in [4.78, 5) is 28.5. The van der Waals surface area contributed by atoms with Crippen molar-refractivity contribution in [3.63, 3.8) is 0 Å². The molecule has 156 valence electrons. The molecule has 1 aromatic rings. The van der Waals surface area contributed by atoms with Gasteiger partial charge in [-0.25, -0.2) is 0 Å². The Bertz CT molecular complexity index is 770. The molecule has 4 rings (SSSR count). The number of benzene rings is 1. The molecule has 0 radical (unpaired) electrons. The van der Waals surface area contributed by atoms with Gasteiger partial charge in [0.1, 0.15) is 0 Å². The molecular weight excluding hydrogens is 380 g/mol. The monoisotopic (exact) mass is 412 g/mol. The first-order valence-electron chi connectivity index (χ1n) is 11.0. The third-order valence-corrected chi connectivity index (χ3v) is 8.29. The molecule has 0 spiro atoms. The van der Waals surface area contributed by atoms with Crippen LogP contribution in [0.1, 0.15) is 57.4 Å². The van der Waals surface area contributed by atoms with Crippen LogP contribution in [0.25, 0.3) is 6.08 Å². The van der Waals surface area contributed by atoms with Gasteiger partial charge >= 0.3 is 0 Å². The van der Waals surface area contributed by atoms with Gasteiger partial charge in [0.15, 0.2) is 0 Å². The Morgan fingerprint density at radius 1 is 1.10 bits per heavy atom. The minimum Gasteiger partial charge on any atom is -0.353 e. The molecule has 1 aromatic carbocycles. The van der Waals surface area contributed by atoms with Crippen LogP contribution < -0.4 is 5.32 Å². The average molecular weight is 413 g/mol. The molecule has 1 heterocycles. The van der Waals surface area contributed by atoms with E-state index in [1.807, 2.05) is 48.4 Å². The van der Waals surface area contributed by atoms with Gasteiger partial charge in [-0.05, 0) is 62.5 Å². The van der Waals surface area contributed by atoms with Gasteiger partial charge < -0.3 is 10.2 Å². The summed E-state index contributed by atoms with van der Waals surface area (Å²) in [5.74, 6) is 1.11. The molecule has 3 atom stereocenters. The molecular formula is C24H32N2O2S. The topological polar surface area (TPSA) is 49.4 Å². The van der Waals surface area contributed by atoms with Crippen LogP contribution in [0.3, 0.4) is 0 Å². The smallest absolute Gasteiger partial charge is 0.260 e. The fraction of sp³-hybridized carbons (Fsp3) is 0.583. The highest BCUT2D eigenvalue weighted by molar-refractivity contribution is 8.04. The first-order chi connectivity index (χ1) is 14.0. The number of amides is 2. The standard InChI is InChI=1S/C24H32N2O2S/c1-16-8-11-19(12-9-16)25-23(27)18-10-13-21-20(15-18)26(2)24(28)22(29-21)14-17-6-4-3-5-7-17/h3-7,14,16,18-21H,8-13,15H2,1-2H3,(H,25,27)/b22-14-. The van der Waals surface area contributed by atoms with Crippen molar-refractivity contribution in [3.8, 4) is 0 Å². The number of rotatable bonds is 3. The second-order valence-corrected chi connectivity index (χ2v) is 10.3. The summed E-state index contributed by atoms with van der Waals surface area (Å²) >= 11 is 1.71. The molecule has 5 heteroatoms. The molecule has 1 aliphatic heterocycles. The van der Waals surface area contributed by atoms with Crippen molar-refractivity contribution in [1.29, 1.82) is 0 Å². The number of likely N-dealkylation sites (N-methyl/N-ethyl adjacent to an activating group) is 1. The van der Waals surface area contributed by atoms with Crippen LogP contribution in [0.5, 0.6) is 0 Å². The van der Waals surface area contributed by atoms with Crippen LogP contribution in [-0.2, 0) is 9.59 Å². The van der Waals surface area contributed by atoms with Crippen molar-refractivity contribution in [1.82, 2.24) is 10.2 Å². The van der Waals surface area contributed by atoms with Gasteiger partial charge in [0.2, 0.25) is 5.91 Å². The number of nitrogens with one attached hydrogen (secondary N) is 1. The van der Waals surface area contributed by atoms with Gasteiger partial charge in [-0.2, -0.15) is 0 Å². The van der Waals surface area contributed by atoms with E-state index in [9.17, 15) is 9.59 Å². The van der Waals surface area contributed by atoms with Crippen molar-refractivity contribution in [2.24, 2.45) is 11.8 Å². The maximum atomic E-state index is 12.9. The quantitative estimate of drug-likeness (QED) is 0.746. The number of thioether (sulfide) groups is 1. The van der Waals surface area contributed by atoms with Crippen LogP contribution in [0.15, 0.2) is 35.2 Å². The van der Waals surface area contributed by atoms with Crippen LogP contribution in [0.2, 0.25) is 0 Å². The lowest BCUT2D eigenvalue weighted by atomic mass is 9.82. The zero-order valence-electron chi connectivity index (χ0n) is 17.5. The van der Waals surface area contributed by atoms with E-state index in [0.717, 1.165) is 48.5 Å². The van der Waals surface area contributed by atoms with Crippen molar-refractivity contribution in [2.45, 2.75) is 69.2 Å². The predicted octanol–water partition coefficient (Wildman–Crippen LogP) is 4.46. The maximum Gasteiger partial charge on any atom is 0.260 e. The zero-order valence-corrected chi connectivity index (χ0v) is 18.3. The molecule has 3 fully saturated rings. The van der Waals surface area contributed by atoms with E-state index >= 15 is 0 Å². The molecule has 2 aliphatic carbocycles. The summed E-state index contributed by atoms with van der Waals surface area (Å²) in [5, 5.41) is 3.69. The lowest BCUT2D eigenvalue weighted by Crippen LogP contribution is -2.53. The van der Waals surface area contributed by atoms with Gasteiger partial charge in [0.05, 0.1) is 4.91 Å². The largest absolute Gasteiger partial charge is 0.353 e. The fourth-order valence-corrected chi connectivity index (χ4v) is 6.44. The Hall–Kier alpha value is -1.75. The number of carbonyl (C=O) groups excluding carboxylic acids is 2.